The van der Waals surface area contributed by atoms with Crippen LogP contribution in [0.5, 0.6) is 0 Å². The molecule has 4 N–H and O–H groups in total. The fraction of sp³-hybridized carbons (Fsp3) is 0.500. The Morgan fingerprint density at radius 1 is 0.667 bits per heavy atom. The minimum Gasteiger partial charge on any atom is -0.379 e. The third kappa shape index (κ3) is 9.44. The molecule has 45 heavy (non-hydrogen) atoms. The summed E-state index contributed by atoms with van der Waals surface area (Å²) in [5.74, 6) is -0.697. The summed E-state index contributed by atoms with van der Waals surface area (Å²) in [5, 5.41) is 16.1. The largest absolute Gasteiger partial charge is 0.379 e. The molecular weight excluding hydrogens is 596 g/mol. The fourth-order valence-corrected chi connectivity index (χ4v) is 6.41. The zero-order valence-electron chi connectivity index (χ0n) is 25.5. The van der Waals surface area contributed by atoms with E-state index in [0.29, 0.717) is 24.2 Å². The van der Waals surface area contributed by atoms with E-state index < -0.39 is 0 Å². The number of carbonyl (C=O) groups is 4. The standard InChI is InChI=1S/C32H42N6O6S/c39-28(33-8-10-37-12-16-43-17-13-37)3-6-35-31(41)24-2-1-23-21-27(30-25(5-20-45-30)26(23)22-24)32(42)36-7-4-29(40)34-9-11-38-14-18-44-19-15-38/h1-2,5,20-22H,3-4,6-19H2,(H,33,39)(H,34,40)(H,35,41)(H,36,42). The highest BCUT2D eigenvalue weighted by molar-refractivity contribution is 7.17. The van der Waals surface area contributed by atoms with Gasteiger partial charge in [0.1, 0.15) is 0 Å². The van der Waals surface area contributed by atoms with Crippen LogP contribution in [-0.2, 0) is 19.1 Å². The zero-order valence-corrected chi connectivity index (χ0v) is 26.3. The lowest BCUT2D eigenvalue weighted by molar-refractivity contribution is -0.121. The van der Waals surface area contributed by atoms with E-state index in [1.807, 2.05) is 29.6 Å². The summed E-state index contributed by atoms with van der Waals surface area (Å²) in [6.45, 7) is 9.57. The van der Waals surface area contributed by atoms with Crippen LogP contribution in [0, 0.1) is 0 Å². The molecular formula is C32H42N6O6S. The Morgan fingerprint density at radius 3 is 1.84 bits per heavy atom. The van der Waals surface area contributed by atoms with Gasteiger partial charge in [-0.2, -0.15) is 0 Å². The van der Waals surface area contributed by atoms with E-state index in [2.05, 4.69) is 31.1 Å². The van der Waals surface area contributed by atoms with E-state index in [1.165, 1.54) is 11.3 Å². The number of ether oxygens (including phenoxy) is 2. The van der Waals surface area contributed by atoms with Crippen LogP contribution in [0.2, 0.25) is 0 Å². The van der Waals surface area contributed by atoms with Gasteiger partial charge in [0, 0.05) is 93.9 Å². The number of hydrogen-bond acceptors (Lipinski definition) is 9. The molecule has 5 rings (SSSR count). The summed E-state index contributed by atoms with van der Waals surface area (Å²) in [4.78, 5) is 55.0. The molecule has 13 heteroatoms. The van der Waals surface area contributed by atoms with E-state index in [0.717, 1.165) is 86.6 Å². The van der Waals surface area contributed by atoms with Crippen LogP contribution in [0.4, 0.5) is 0 Å². The van der Waals surface area contributed by atoms with Crippen molar-refractivity contribution < 1.29 is 28.7 Å². The smallest absolute Gasteiger partial charge is 0.252 e. The average molecular weight is 639 g/mol. The third-order valence-corrected chi connectivity index (χ3v) is 8.99. The van der Waals surface area contributed by atoms with Gasteiger partial charge in [-0.05, 0) is 40.4 Å². The van der Waals surface area contributed by atoms with Crippen LogP contribution in [0.25, 0.3) is 20.9 Å². The molecule has 12 nitrogen and oxygen atoms in total. The fourth-order valence-electron chi connectivity index (χ4n) is 5.49. The van der Waals surface area contributed by atoms with Gasteiger partial charge >= 0.3 is 0 Å². The molecule has 0 unspecified atom stereocenters. The molecule has 2 aromatic carbocycles. The molecule has 2 saturated heterocycles. The second-order valence-corrected chi connectivity index (χ2v) is 12.1. The van der Waals surface area contributed by atoms with Gasteiger partial charge in [0.25, 0.3) is 11.8 Å². The number of hydrogen-bond donors (Lipinski definition) is 4. The average Bonchev–Trinajstić information content (AvgIpc) is 3.56. The predicted molar refractivity (Wildman–Crippen MR) is 174 cm³/mol. The van der Waals surface area contributed by atoms with Gasteiger partial charge in [0.2, 0.25) is 11.8 Å². The number of thiophene rings is 1. The predicted octanol–water partition coefficient (Wildman–Crippen LogP) is 1.19. The van der Waals surface area contributed by atoms with Crippen molar-refractivity contribution in [2.75, 3.05) is 91.9 Å². The van der Waals surface area contributed by atoms with Crippen molar-refractivity contribution in [1.82, 2.24) is 31.1 Å². The summed E-state index contributed by atoms with van der Waals surface area (Å²) >= 11 is 1.46. The first-order valence-electron chi connectivity index (χ1n) is 15.6. The number of carbonyl (C=O) groups excluding carboxylic acids is 4. The molecule has 242 valence electrons. The van der Waals surface area contributed by atoms with Crippen LogP contribution in [0.15, 0.2) is 35.7 Å². The minimum atomic E-state index is -0.258. The maximum Gasteiger partial charge on any atom is 0.252 e. The van der Waals surface area contributed by atoms with Crippen molar-refractivity contribution in [3.63, 3.8) is 0 Å². The van der Waals surface area contributed by atoms with E-state index >= 15 is 0 Å². The molecule has 1 aromatic heterocycles. The Balaban J connectivity index is 1.09. The van der Waals surface area contributed by atoms with E-state index in [4.69, 9.17) is 9.47 Å². The van der Waals surface area contributed by atoms with Crippen molar-refractivity contribution >= 4 is 55.8 Å². The molecule has 0 atom stereocenters. The number of nitrogens with one attached hydrogen (secondary N) is 4. The van der Waals surface area contributed by atoms with Crippen LogP contribution < -0.4 is 21.3 Å². The lowest BCUT2D eigenvalue weighted by Gasteiger charge is -2.26. The van der Waals surface area contributed by atoms with Gasteiger partial charge in [0.05, 0.1) is 32.0 Å². The SMILES string of the molecule is O=C(CCNC(=O)c1ccc2cc(C(=O)NCCC(=O)NCCN3CCOCC3)c3sccc3c2c1)NCCN1CCOCC1. The number of rotatable bonds is 14. The Hall–Kier alpha value is -3.62. The maximum atomic E-state index is 13.1. The highest BCUT2D eigenvalue weighted by Crippen LogP contribution is 2.33. The second kappa shape index (κ2) is 16.6. The molecule has 0 aliphatic carbocycles. The van der Waals surface area contributed by atoms with E-state index in [9.17, 15) is 19.2 Å². The first-order valence-corrected chi connectivity index (χ1v) is 16.5. The molecule has 2 aliphatic rings. The minimum absolute atomic E-state index is 0.0986. The second-order valence-electron chi connectivity index (χ2n) is 11.1. The monoisotopic (exact) mass is 638 g/mol. The molecule has 3 heterocycles. The van der Waals surface area contributed by atoms with E-state index in [-0.39, 0.29) is 49.6 Å². The van der Waals surface area contributed by atoms with Crippen molar-refractivity contribution in [2.45, 2.75) is 12.8 Å². The van der Waals surface area contributed by atoms with E-state index in [1.54, 1.807) is 6.07 Å². The number of morpholine rings is 2. The van der Waals surface area contributed by atoms with Crippen LogP contribution >= 0.6 is 11.3 Å². The summed E-state index contributed by atoms with van der Waals surface area (Å²) < 4.78 is 11.5. The number of fused-ring (bicyclic) bond motifs is 3. The van der Waals surface area contributed by atoms with Gasteiger partial charge < -0.3 is 30.7 Å². The number of benzene rings is 2. The maximum absolute atomic E-state index is 13.1. The normalized spacial score (nSPS) is 16.0. The summed E-state index contributed by atoms with van der Waals surface area (Å²) in [5.41, 5.74) is 1.02. The Kier molecular flexibility index (Phi) is 12.1. The molecule has 0 spiro atoms. The van der Waals surface area contributed by atoms with Crippen molar-refractivity contribution in [2.24, 2.45) is 0 Å². The molecule has 2 fully saturated rings. The number of nitrogens with zero attached hydrogens (tertiary/aromatic N) is 2. The van der Waals surface area contributed by atoms with Gasteiger partial charge in [-0.15, -0.1) is 11.3 Å². The van der Waals surface area contributed by atoms with Crippen LogP contribution in [0.3, 0.4) is 0 Å². The third-order valence-electron chi connectivity index (χ3n) is 8.04. The molecule has 3 aromatic rings. The van der Waals surface area contributed by atoms with Crippen molar-refractivity contribution in [3.8, 4) is 0 Å². The van der Waals surface area contributed by atoms with Crippen LogP contribution in [0.1, 0.15) is 33.6 Å². The summed E-state index contributed by atoms with van der Waals surface area (Å²) in [6.07, 6.45) is 0.399. The summed E-state index contributed by atoms with van der Waals surface area (Å²) in [6, 6.07) is 9.16. The first-order chi connectivity index (χ1) is 22.0. The molecule has 0 radical (unpaired) electrons. The lowest BCUT2D eigenvalue weighted by Crippen LogP contribution is -2.41. The molecule has 0 bridgehead atoms. The number of amides is 4. The van der Waals surface area contributed by atoms with Crippen molar-refractivity contribution in [3.05, 3.63) is 46.8 Å². The Bertz CT molecular complexity index is 1480. The molecule has 2 aliphatic heterocycles. The zero-order chi connectivity index (χ0) is 31.4. The topological polar surface area (TPSA) is 141 Å². The highest BCUT2D eigenvalue weighted by atomic mass is 32.1. The lowest BCUT2D eigenvalue weighted by atomic mass is 10.00. The molecule has 0 saturated carbocycles. The van der Waals surface area contributed by atoms with Gasteiger partial charge in [-0.3, -0.25) is 29.0 Å². The van der Waals surface area contributed by atoms with Crippen molar-refractivity contribution in [1.29, 1.82) is 0 Å². The van der Waals surface area contributed by atoms with Gasteiger partial charge in [-0.1, -0.05) is 6.07 Å². The molecule has 4 amide bonds. The van der Waals surface area contributed by atoms with Gasteiger partial charge in [-0.25, -0.2) is 0 Å². The van der Waals surface area contributed by atoms with Crippen LogP contribution in [-0.4, -0.2) is 125 Å². The van der Waals surface area contributed by atoms with Gasteiger partial charge in [0.15, 0.2) is 0 Å². The first kappa shape index (κ1) is 32.8. The highest BCUT2D eigenvalue weighted by Gasteiger charge is 2.17. The Morgan fingerprint density at radius 2 is 1.24 bits per heavy atom. The Labute approximate surface area is 266 Å². The summed E-state index contributed by atoms with van der Waals surface area (Å²) in [7, 11) is 0. The quantitative estimate of drug-likeness (QED) is 0.207.